The lowest BCUT2D eigenvalue weighted by Crippen LogP contribution is -2.16. The van der Waals surface area contributed by atoms with Crippen molar-refractivity contribution in [2.24, 2.45) is 0 Å². The SMILES string of the molecule is C=CC(=O)OCCCCCCOc1ccc(C(C)C(=O)Oc2ccc(C)cc2)cc1. The second-order valence-corrected chi connectivity index (χ2v) is 7.16. The lowest BCUT2D eigenvalue weighted by Gasteiger charge is -2.13. The molecule has 0 N–H and O–H groups in total. The van der Waals surface area contributed by atoms with Crippen molar-refractivity contribution in [1.29, 1.82) is 0 Å². The third-order valence-electron chi connectivity index (χ3n) is 4.69. The Morgan fingerprint density at radius 2 is 1.50 bits per heavy atom. The van der Waals surface area contributed by atoms with Gasteiger partial charge in [0.1, 0.15) is 11.5 Å². The summed E-state index contributed by atoms with van der Waals surface area (Å²) >= 11 is 0. The number of ether oxygens (including phenoxy) is 3. The van der Waals surface area contributed by atoms with Gasteiger partial charge in [0.25, 0.3) is 0 Å². The maximum atomic E-state index is 12.4. The van der Waals surface area contributed by atoms with Gasteiger partial charge in [-0.1, -0.05) is 36.4 Å². The first kappa shape index (κ1) is 23.2. The van der Waals surface area contributed by atoms with E-state index in [2.05, 4.69) is 6.58 Å². The Balaban J connectivity index is 1.67. The molecule has 30 heavy (non-hydrogen) atoms. The second kappa shape index (κ2) is 12.5. The molecule has 0 aliphatic heterocycles. The quantitative estimate of drug-likeness (QED) is 0.204. The number of hydrogen-bond acceptors (Lipinski definition) is 5. The largest absolute Gasteiger partial charge is 0.494 e. The lowest BCUT2D eigenvalue weighted by atomic mass is 10.0. The Morgan fingerprint density at radius 1 is 0.900 bits per heavy atom. The van der Waals surface area contributed by atoms with Crippen LogP contribution in [0.3, 0.4) is 0 Å². The van der Waals surface area contributed by atoms with E-state index >= 15 is 0 Å². The molecule has 160 valence electrons. The number of aryl methyl sites for hydroxylation is 1. The van der Waals surface area contributed by atoms with E-state index < -0.39 is 0 Å². The van der Waals surface area contributed by atoms with Gasteiger partial charge in [0.05, 0.1) is 19.1 Å². The normalized spacial score (nSPS) is 11.4. The molecule has 5 nitrogen and oxygen atoms in total. The summed E-state index contributed by atoms with van der Waals surface area (Å²) in [4.78, 5) is 23.3. The monoisotopic (exact) mass is 410 g/mol. The highest BCUT2D eigenvalue weighted by Crippen LogP contribution is 2.22. The number of esters is 2. The molecule has 0 fully saturated rings. The van der Waals surface area contributed by atoms with E-state index in [-0.39, 0.29) is 17.9 Å². The van der Waals surface area contributed by atoms with E-state index in [1.54, 1.807) is 12.1 Å². The number of benzene rings is 2. The average molecular weight is 411 g/mol. The fourth-order valence-electron chi connectivity index (χ4n) is 2.78. The van der Waals surface area contributed by atoms with Crippen LogP contribution in [0.5, 0.6) is 11.5 Å². The molecule has 0 saturated heterocycles. The van der Waals surface area contributed by atoms with Crippen molar-refractivity contribution in [3.05, 3.63) is 72.3 Å². The molecule has 0 radical (unpaired) electrons. The first-order chi connectivity index (χ1) is 14.5. The zero-order chi connectivity index (χ0) is 21.8. The molecule has 0 bridgehead atoms. The van der Waals surface area contributed by atoms with E-state index in [9.17, 15) is 9.59 Å². The molecular formula is C25H30O5. The summed E-state index contributed by atoms with van der Waals surface area (Å²) in [5, 5.41) is 0. The highest BCUT2D eigenvalue weighted by molar-refractivity contribution is 5.81. The molecule has 2 rings (SSSR count). The number of unbranched alkanes of at least 4 members (excludes halogenated alkanes) is 3. The zero-order valence-electron chi connectivity index (χ0n) is 17.8. The molecule has 0 aliphatic rings. The van der Waals surface area contributed by atoms with E-state index in [4.69, 9.17) is 14.2 Å². The molecule has 1 atom stereocenters. The average Bonchev–Trinajstić information content (AvgIpc) is 2.76. The molecule has 2 aromatic carbocycles. The van der Waals surface area contributed by atoms with E-state index in [0.29, 0.717) is 19.0 Å². The van der Waals surface area contributed by atoms with Crippen LogP contribution in [-0.4, -0.2) is 25.2 Å². The van der Waals surface area contributed by atoms with Crippen LogP contribution in [0.4, 0.5) is 0 Å². The van der Waals surface area contributed by atoms with Gasteiger partial charge in [-0.2, -0.15) is 0 Å². The van der Waals surface area contributed by atoms with Gasteiger partial charge >= 0.3 is 11.9 Å². The Hall–Kier alpha value is -3.08. The predicted molar refractivity (Wildman–Crippen MR) is 117 cm³/mol. The van der Waals surface area contributed by atoms with Crippen LogP contribution < -0.4 is 9.47 Å². The summed E-state index contributed by atoms with van der Waals surface area (Å²) in [5.74, 6) is 0.301. The zero-order valence-corrected chi connectivity index (χ0v) is 17.8. The third-order valence-corrected chi connectivity index (χ3v) is 4.69. The molecule has 0 heterocycles. The number of carbonyl (C=O) groups excluding carboxylic acids is 2. The number of carbonyl (C=O) groups is 2. The van der Waals surface area contributed by atoms with Crippen molar-refractivity contribution < 1.29 is 23.8 Å². The van der Waals surface area contributed by atoms with Crippen molar-refractivity contribution in [3.8, 4) is 11.5 Å². The van der Waals surface area contributed by atoms with Crippen LogP contribution >= 0.6 is 0 Å². The Morgan fingerprint density at radius 3 is 2.13 bits per heavy atom. The van der Waals surface area contributed by atoms with E-state index in [0.717, 1.165) is 42.6 Å². The number of rotatable bonds is 12. The summed E-state index contributed by atoms with van der Waals surface area (Å²) in [7, 11) is 0. The third kappa shape index (κ3) is 8.11. The minimum atomic E-state index is -0.375. The molecule has 0 spiro atoms. The topological polar surface area (TPSA) is 61.8 Å². The minimum absolute atomic E-state index is 0.286. The fraction of sp³-hybridized carbons (Fsp3) is 0.360. The smallest absolute Gasteiger partial charge is 0.330 e. The van der Waals surface area contributed by atoms with Gasteiger partial charge in [-0.05, 0) is 69.4 Å². The first-order valence-corrected chi connectivity index (χ1v) is 10.3. The fourth-order valence-corrected chi connectivity index (χ4v) is 2.78. The van der Waals surface area contributed by atoms with Gasteiger partial charge < -0.3 is 14.2 Å². The standard InChI is InChI=1S/C25H30O5/c1-4-24(26)29-18-8-6-5-7-17-28-22-15-11-21(12-16-22)20(3)25(27)30-23-13-9-19(2)10-14-23/h4,9-16,20H,1,5-8,17-18H2,2-3H3. The van der Waals surface area contributed by atoms with Gasteiger partial charge in [0, 0.05) is 6.08 Å². The van der Waals surface area contributed by atoms with E-state index in [1.165, 1.54) is 6.08 Å². The summed E-state index contributed by atoms with van der Waals surface area (Å²) in [6.07, 6.45) is 4.92. The van der Waals surface area contributed by atoms with Crippen LogP contribution in [0, 0.1) is 6.92 Å². The molecule has 0 saturated carbocycles. The highest BCUT2D eigenvalue weighted by Gasteiger charge is 2.17. The second-order valence-electron chi connectivity index (χ2n) is 7.16. The van der Waals surface area contributed by atoms with Crippen LogP contribution in [0.15, 0.2) is 61.2 Å². The van der Waals surface area contributed by atoms with Crippen molar-refractivity contribution in [2.75, 3.05) is 13.2 Å². The maximum absolute atomic E-state index is 12.4. The molecule has 5 heteroatoms. The summed E-state index contributed by atoms with van der Waals surface area (Å²) in [5.41, 5.74) is 2.00. The van der Waals surface area contributed by atoms with Crippen LogP contribution in [0.25, 0.3) is 0 Å². The molecule has 0 amide bonds. The van der Waals surface area contributed by atoms with Crippen molar-refractivity contribution in [1.82, 2.24) is 0 Å². The Kier molecular flexibility index (Phi) is 9.65. The van der Waals surface area contributed by atoms with Gasteiger partial charge in [0.15, 0.2) is 0 Å². The van der Waals surface area contributed by atoms with Crippen molar-refractivity contribution >= 4 is 11.9 Å². The van der Waals surface area contributed by atoms with Crippen molar-refractivity contribution in [2.45, 2.75) is 45.4 Å². The Bertz CT molecular complexity index is 808. The highest BCUT2D eigenvalue weighted by atomic mass is 16.5. The molecule has 1 unspecified atom stereocenters. The van der Waals surface area contributed by atoms with Crippen LogP contribution in [0.2, 0.25) is 0 Å². The van der Waals surface area contributed by atoms with Gasteiger partial charge in [0.2, 0.25) is 0 Å². The molecular weight excluding hydrogens is 380 g/mol. The van der Waals surface area contributed by atoms with Crippen molar-refractivity contribution in [3.63, 3.8) is 0 Å². The molecule has 0 aliphatic carbocycles. The first-order valence-electron chi connectivity index (χ1n) is 10.3. The summed E-state index contributed by atoms with van der Waals surface area (Å²) < 4.78 is 16.1. The van der Waals surface area contributed by atoms with Crippen LogP contribution in [0.1, 0.15) is 49.7 Å². The lowest BCUT2D eigenvalue weighted by molar-refractivity contribution is -0.138. The maximum Gasteiger partial charge on any atom is 0.330 e. The summed E-state index contributed by atoms with van der Waals surface area (Å²) in [6, 6.07) is 15.0. The van der Waals surface area contributed by atoms with E-state index in [1.807, 2.05) is 50.2 Å². The minimum Gasteiger partial charge on any atom is -0.494 e. The molecule has 2 aromatic rings. The van der Waals surface area contributed by atoms with Gasteiger partial charge in [-0.25, -0.2) is 4.79 Å². The predicted octanol–water partition coefficient (Wildman–Crippen LogP) is 5.37. The molecule has 0 aromatic heterocycles. The van der Waals surface area contributed by atoms with Gasteiger partial charge in [-0.3, -0.25) is 4.79 Å². The van der Waals surface area contributed by atoms with Crippen LogP contribution in [-0.2, 0) is 14.3 Å². The van der Waals surface area contributed by atoms with Gasteiger partial charge in [-0.15, -0.1) is 0 Å². The number of hydrogen-bond donors (Lipinski definition) is 0. The Labute approximate surface area is 178 Å². The summed E-state index contributed by atoms with van der Waals surface area (Å²) in [6.45, 7) is 8.23.